The Hall–Kier alpha value is -1.47. The molecule has 2 saturated heterocycles. The number of hydrogen-bond donors (Lipinski definition) is 0. The van der Waals surface area contributed by atoms with Gasteiger partial charge in [0.1, 0.15) is 6.61 Å². The largest absolute Gasteiger partial charge is 0.376 e. The fourth-order valence-electron chi connectivity index (χ4n) is 3.21. The number of carbonyl (C=O) groups is 1. The monoisotopic (exact) mass is 337 g/mol. The van der Waals surface area contributed by atoms with E-state index in [0.29, 0.717) is 19.0 Å². The molecule has 1 aromatic rings. The maximum absolute atomic E-state index is 12.4. The topological polar surface area (TPSA) is 77.7 Å². The Bertz CT molecular complexity index is 540. The van der Waals surface area contributed by atoms with Gasteiger partial charge in [-0.2, -0.15) is 4.98 Å². The van der Waals surface area contributed by atoms with Gasteiger partial charge in [0.05, 0.1) is 12.7 Å². The Morgan fingerprint density at radius 2 is 2.25 bits per heavy atom. The second-order valence-corrected chi connectivity index (χ2v) is 6.97. The van der Waals surface area contributed by atoms with Crippen LogP contribution in [0.1, 0.15) is 63.1 Å². The molecular weight excluding hydrogens is 310 g/mol. The first kappa shape index (κ1) is 17.4. The van der Waals surface area contributed by atoms with Gasteiger partial charge in [0.25, 0.3) is 0 Å². The van der Waals surface area contributed by atoms with Crippen LogP contribution in [0.4, 0.5) is 0 Å². The van der Waals surface area contributed by atoms with E-state index in [4.69, 9.17) is 14.0 Å². The summed E-state index contributed by atoms with van der Waals surface area (Å²) in [5.74, 6) is 1.78. The molecule has 0 aromatic carbocycles. The van der Waals surface area contributed by atoms with Crippen LogP contribution in [0.5, 0.6) is 0 Å². The summed E-state index contributed by atoms with van der Waals surface area (Å²) in [6.07, 6.45) is 4.20. The molecule has 2 fully saturated rings. The number of aromatic nitrogens is 2. The molecule has 2 aliphatic rings. The van der Waals surface area contributed by atoms with Crippen molar-refractivity contribution in [3.8, 4) is 0 Å². The lowest BCUT2D eigenvalue weighted by Gasteiger charge is -2.31. The summed E-state index contributed by atoms with van der Waals surface area (Å²) in [6, 6.07) is 0. The number of amides is 1. The van der Waals surface area contributed by atoms with Crippen LogP contribution in [-0.2, 0) is 14.3 Å². The molecule has 3 heterocycles. The van der Waals surface area contributed by atoms with Crippen molar-refractivity contribution in [3.63, 3.8) is 0 Å². The van der Waals surface area contributed by atoms with Gasteiger partial charge >= 0.3 is 0 Å². The lowest BCUT2D eigenvalue weighted by Crippen LogP contribution is -2.41. The van der Waals surface area contributed by atoms with Gasteiger partial charge in [0.2, 0.25) is 11.8 Å². The smallest absolute Gasteiger partial charge is 0.248 e. The van der Waals surface area contributed by atoms with Crippen molar-refractivity contribution in [2.75, 3.05) is 32.9 Å². The summed E-state index contributed by atoms with van der Waals surface area (Å²) < 4.78 is 16.3. The van der Waals surface area contributed by atoms with E-state index >= 15 is 0 Å². The molecule has 2 atom stereocenters. The Balaban J connectivity index is 1.47. The van der Waals surface area contributed by atoms with Gasteiger partial charge in [-0.3, -0.25) is 4.79 Å². The summed E-state index contributed by atoms with van der Waals surface area (Å²) in [5.41, 5.74) is 0. The quantitative estimate of drug-likeness (QED) is 0.791. The first-order valence-corrected chi connectivity index (χ1v) is 8.94. The van der Waals surface area contributed by atoms with E-state index in [1.54, 1.807) is 0 Å². The van der Waals surface area contributed by atoms with Gasteiger partial charge in [0, 0.05) is 31.5 Å². The van der Waals surface area contributed by atoms with Crippen molar-refractivity contribution in [1.29, 1.82) is 0 Å². The third kappa shape index (κ3) is 4.33. The molecule has 0 saturated carbocycles. The second-order valence-electron chi connectivity index (χ2n) is 6.97. The highest BCUT2D eigenvalue weighted by Gasteiger charge is 2.28. The SMILES string of the molecule is CC(C)c1nc([C@@H]2CCCN(C(=O)COC[C@H]3CCCO3)C2)no1. The number of nitrogens with zero attached hydrogens (tertiary/aromatic N) is 3. The Labute approximate surface area is 142 Å². The second kappa shape index (κ2) is 8.07. The molecule has 0 radical (unpaired) electrons. The molecule has 1 aromatic heterocycles. The fraction of sp³-hybridized carbons (Fsp3) is 0.824. The molecule has 0 bridgehead atoms. The maximum atomic E-state index is 12.4. The van der Waals surface area contributed by atoms with Crippen LogP contribution in [0.25, 0.3) is 0 Å². The lowest BCUT2D eigenvalue weighted by atomic mass is 9.97. The average molecular weight is 337 g/mol. The molecule has 24 heavy (non-hydrogen) atoms. The Morgan fingerprint density at radius 1 is 1.38 bits per heavy atom. The first-order chi connectivity index (χ1) is 11.6. The van der Waals surface area contributed by atoms with Crippen molar-refractivity contribution in [1.82, 2.24) is 15.0 Å². The van der Waals surface area contributed by atoms with Crippen molar-refractivity contribution in [2.45, 2.75) is 57.5 Å². The number of hydrogen-bond acceptors (Lipinski definition) is 6. The molecule has 3 rings (SSSR count). The summed E-state index contributed by atoms with van der Waals surface area (Å²) in [7, 11) is 0. The summed E-state index contributed by atoms with van der Waals surface area (Å²) in [4.78, 5) is 18.7. The highest BCUT2D eigenvalue weighted by Crippen LogP contribution is 2.26. The van der Waals surface area contributed by atoms with Gasteiger partial charge in [-0.05, 0) is 25.7 Å². The molecule has 134 valence electrons. The van der Waals surface area contributed by atoms with Crippen LogP contribution in [0, 0.1) is 0 Å². The number of carbonyl (C=O) groups excluding carboxylic acids is 1. The molecular formula is C17H27N3O4. The minimum atomic E-state index is 0.0327. The highest BCUT2D eigenvalue weighted by molar-refractivity contribution is 5.77. The molecule has 0 N–H and O–H groups in total. The van der Waals surface area contributed by atoms with E-state index < -0.39 is 0 Å². The molecule has 0 unspecified atom stereocenters. The Kier molecular flexibility index (Phi) is 5.84. The number of rotatable bonds is 6. The van der Waals surface area contributed by atoms with Crippen molar-refractivity contribution >= 4 is 5.91 Å². The van der Waals surface area contributed by atoms with Crippen molar-refractivity contribution in [3.05, 3.63) is 11.7 Å². The lowest BCUT2D eigenvalue weighted by molar-refractivity contribution is -0.138. The van der Waals surface area contributed by atoms with Crippen molar-refractivity contribution in [2.24, 2.45) is 0 Å². The van der Waals surface area contributed by atoms with E-state index in [1.165, 1.54) is 0 Å². The van der Waals surface area contributed by atoms with E-state index in [-0.39, 0.29) is 30.5 Å². The normalized spacial score (nSPS) is 24.7. The van der Waals surface area contributed by atoms with Crippen LogP contribution in [0.2, 0.25) is 0 Å². The molecule has 0 spiro atoms. The zero-order valence-corrected chi connectivity index (χ0v) is 14.6. The van der Waals surface area contributed by atoms with E-state index in [9.17, 15) is 4.79 Å². The third-order valence-electron chi connectivity index (χ3n) is 4.64. The van der Waals surface area contributed by atoms with Gasteiger partial charge in [-0.25, -0.2) is 0 Å². The van der Waals surface area contributed by atoms with Crippen LogP contribution in [0.15, 0.2) is 4.52 Å². The molecule has 7 nitrogen and oxygen atoms in total. The zero-order chi connectivity index (χ0) is 16.9. The summed E-state index contributed by atoms with van der Waals surface area (Å²) in [6.45, 7) is 6.89. The van der Waals surface area contributed by atoms with Crippen molar-refractivity contribution < 1.29 is 18.8 Å². The summed E-state index contributed by atoms with van der Waals surface area (Å²) >= 11 is 0. The minimum absolute atomic E-state index is 0.0327. The van der Waals surface area contributed by atoms with Crippen LogP contribution in [-0.4, -0.2) is 60.0 Å². The fourth-order valence-corrected chi connectivity index (χ4v) is 3.21. The molecule has 2 aliphatic heterocycles. The average Bonchev–Trinajstić information content (AvgIpc) is 3.26. The number of piperidine rings is 1. The molecule has 0 aliphatic carbocycles. The first-order valence-electron chi connectivity index (χ1n) is 8.94. The van der Waals surface area contributed by atoms with Gasteiger partial charge in [-0.1, -0.05) is 19.0 Å². The van der Waals surface area contributed by atoms with Gasteiger partial charge < -0.3 is 18.9 Å². The maximum Gasteiger partial charge on any atom is 0.248 e. The predicted octanol–water partition coefficient (Wildman–Crippen LogP) is 2.09. The Morgan fingerprint density at radius 3 is 2.96 bits per heavy atom. The van der Waals surface area contributed by atoms with E-state index in [1.807, 2.05) is 18.7 Å². The number of likely N-dealkylation sites (tertiary alicyclic amines) is 1. The van der Waals surface area contributed by atoms with Crippen LogP contribution in [0.3, 0.4) is 0 Å². The van der Waals surface area contributed by atoms with E-state index in [2.05, 4.69) is 10.1 Å². The zero-order valence-electron chi connectivity index (χ0n) is 14.6. The minimum Gasteiger partial charge on any atom is -0.376 e. The molecule has 7 heteroatoms. The van der Waals surface area contributed by atoms with Gasteiger partial charge in [-0.15, -0.1) is 0 Å². The van der Waals surface area contributed by atoms with E-state index in [0.717, 1.165) is 44.7 Å². The predicted molar refractivity (Wildman–Crippen MR) is 86.7 cm³/mol. The van der Waals surface area contributed by atoms with Gasteiger partial charge in [0.15, 0.2) is 5.82 Å². The highest BCUT2D eigenvalue weighted by atomic mass is 16.5. The van der Waals surface area contributed by atoms with Crippen LogP contribution < -0.4 is 0 Å². The third-order valence-corrected chi connectivity index (χ3v) is 4.64. The van der Waals surface area contributed by atoms with Crippen LogP contribution >= 0.6 is 0 Å². The number of ether oxygens (including phenoxy) is 2. The molecule has 1 amide bonds. The standard InChI is InChI=1S/C17H27N3O4/c1-12(2)17-18-16(19-24-17)13-5-3-7-20(9-13)15(21)11-22-10-14-6-4-8-23-14/h12-14H,3-11H2,1-2H3/t13-,14-/m1/s1. The summed E-state index contributed by atoms with van der Waals surface area (Å²) in [5, 5.41) is 4.10.